The first-order chi connectivity index (χ1) is 11.0. The highest BCUT2D eigenvalue weighted by Gasteiger charge is 2.27. The Morgan fingerprint density at radius 1 is 1.61 bits per heavy atom. The molecule has 1 aliphatic rings. The number of aryl methyl sites for hydroxylation is 1. The summed E-state index contributed by atoms with van der Waals surface area (Å²) in [5, 5.41) is 5.44. The van der Waals surface area contributed by atoms with E-state index in [1.807, 2.05) is 25.3 Å². The topological polar surface area (TPSA) is 86.5 Å². The molecule has 0 bridgehead atoms. The van der Waals surface area contributed by atoms with E-state index in [1.54, 1.807) is 0 Å². The van der Waals surface area contributed by atoms with E-state index in [2.05, 4.69) is 10.3 Å². The number of nitrogen functional groups attached to an aromatic ring is 1. The molecule has 1 aromatic rings. The maximum Gasteiger partial charge on any atom is 0.220 e. The number of aromatic nitrogens is 1. The summed E-state index contributed by atoms with van der Waals surface area (Å²) in [5.41, 5.74) is 7.67. The Hall–Kier alpha value is -1.44. The Balaban J connectivity index is 1.78. The number of amides is 1. The fraction of sp³-hybridized carbons (Fsp3) is 0.625. The van der Waals surface area contributed by atoms with Crippen molar-refractivity contribution in [3.63, 3.8) is 0 Å². The van der Waals surface area contributed by atoms with Gasteiger partial charge in [-0.3, -0.25) is 4.79 Å². The third-order valence-electron chi connectivity index (χ3n) is 3.62. The first kappa shape index (κ1) is 17.9. The van der Waals surface area contributed by atoms with E-state index >= 15 is 0 Å². The number of ether oxygens (including phenoxy) is 2. The number of hydrogen-bond acceptors (Lipinski definition) is 6. The molecular weight excluding hydrogens is 314 g/mol. The van der Waals surface area contributed by atoms with Gasteiger partial charge in [0.25, 0.3) is 0 Å². The standard InChI is InChI=1S/C16H25N3O3S/c1-11(2)5-8-22-14-6-7-21-9-13(14)19-15(20)4-3-12-10-23-16(17)18-12/h5,10,13-14H,3-4,6-9H2,1-2H3,(H2,17,18)(H,19,20)/t13-,14+/m0/s1. The van der Waals surface area contributed by atoms with E-state index in [1.165, 1.54) is 16.9 Å². The summed E-state index contributed by atoms with van der Waals surface area (Å²) in [6.45, 7) is 5.81. The van der Waals surface area contributed by atoms with Crippen molar-refractivity contribution in [2.75, 3.05) is 25.6 Å². The van der Waals surface area contributed by atoms with Crippen LogP contribution in [0.1, 0.15) is 32.4 Å². The smallest absolute Gasteiger partial charge is 0.220 e. The van der Waals surface area contributed by atoms with Crippen molar-refractivity contribution < 1.29 is 14.3 Å². The SMILES string of the molecule is CC(C)=CCO[C@@H]1CCOC[C@@H]1NC(=O)CCc1csc(N)n1. The molecule has 128 valence electrons. The molecule has 1 aliphatic heterocycles. The van der Waals surface area contributed by atoms with Crippen LogP contribution in [0.4, 0.5) is 5.13 Å². The van der Waals surface area contributed by atoms with Crippen LogP contribution in [0.2, 0.25) is 0 Å². The number of anilines is 1. The Kier molecular flexibility index (Phi) is 7.01. The van der Waals surface area contributed by atoms with Crippen LogP contribution in [-0.4, -0.2) is 42.9 Å². The van der Waals surface area contributed by atoms with E-state index in [4.69, 9.17) is 15.2 Å². The first-order valence-electron chi connectivity index (χ1n) is 7.86. The van der Waals surface area contributed by atoms with Crippen molar-refractivity contribution in [3.8, 4) is 0 Å². The molecule has 1 amide bonds. The molecule has 1 aromatic heterocycles. The lowest BCUT2D eigenvalue weighted by molar-refractivity contribution is -0.125. The van der Waals surface area contributed by atoms with Crippen molar-refractivity contribution in [3.05, 3.63) is 22.7 Å². The minimum absolute atomic E-state index is 0.00165. The molecule has 2 heterocycles. The molecular formula is C16H25N3O3S. The van der Waals surface area contributed by atoms with Crippen LogP contribution in [0, 0.1) is 0 Å². The van der Waals surface area contributed by atoms with E-state index < -0.39 is 0 Å². The van der Waals surface area contributed by atoms with Crippen molar-refractivity contribution in [1.29, 1.82) is 0 Å². The zero-order valence-corrected chi connectivity index (χ0v) is 14.5. The summed E-state index contributed by atoms with van der Waals surface area (Å²) in [7, 11) is 0. The predicted octanol–water partition coefficient (Wildman–Crippen LogP) is 1.91. The number of carbonyl (C=O) groups excluding carboxylic acids is 1. The average molecular weight is 339 g/mol. The quantitative estimate of drug-likeness (QED) is 0.741. The Morgan fingerprint density at radius 3 is 3.13 bits per heavy atom. The molecule has 7 heteroatoms. The highest BCUT2D eigenvalue weighted by atomic mass is 32.1. The second kappa shape index (κ2) is 9.00. The van der Waals surface area contributed by atoms with Gasteiger partial charge in [0.15, 0.2) is 5.13 Å². The second-order valence-electron chi connectivity index (χ2n) is 5.87. The minimum Gasteiger partial charge on any atom is -0.379 e. The van der Waals surface area contributed by atoms with Gasteiger partial charge in [-0.15, -0.1) is 11.3 Å². The van der Waals surface area contributed by atoms with Crippen LogP contribution < -0.4 is 11.1 Å². The first-order valence-corrected chi connectivity index (χ1v) is 8.74. The third kappa shape index (κ3) is 6.29. The highest BCUT2D eigenvalue weighted by Crippen LogP contribution is 2.14. The van der Waals surface area contributed by atoms with Gasteiger partial charge in [0.1, 0.15) is 0 Å². The van der Waals surface area contributed by atoms with Crippen LogP contribution in [0.15, 0.2) is 17.0 Å². The zero-order chi connectivity index (χ0) is 16.7. The molecule has 3 N–H and O–H groups in total. The van der Waals surface area contributed by atoms with Gasteiger partial charge in [-0.1, -0.05) is 11.6 Å². The summed E-state index contributed by atoms with van der Waals surface area (Å²) < 4.78 is 11.3. The molecule has 1 saturated heterocycles. The van der Waals surface area contributed by atoms with Crippen molar-refractivity contribution in [2.24, 2.45) is 0 Å². The van der Waals surface area contributed by atoms with Gasteiger partial charge < -0.3 is 20.5 Å². The molecule has 0 aliphatic carbocycles. The molecule has 23 heavy (non-hydrogen) atoms. The molecule has 0 aromatic carbocycles. The number of rotatable bonds is 7. The lowest BCUT2D eigenvalue weighted by atomic mass is 10.1. The van der Waals surface area contributed by atoms with Crippen molar-refractivity contribution in [1.82, 2.24) is 10.3 Å². The fourth-order valence-electron chi connectivity index (χ4n) is 2.35. The third-order valence-corrected chi connectivity index (χ3v) is 4.34. The summed E-state index contributed by atoms with van der Waals surface area (Å²) in [5.74, 6) is -0.0112. The van der Waals surface area contributed by atoms with Gasteiger partial charge in [-0.2, -0.15) is 0 Å². The number of nitrogens with one attached hydrogen (secondary N) is 1. The molecule has 0 saturated carbocycles. The largest absolute Gasteiger partial charge is 0.379 e. The van der Waals surface area contributed by atoms with Gasteiger partial charge >= 0.3 is 0 Å². The van der Waals surface area contributed by atoms with Crippen LogP contribution >= 0.6 is 11.3 Å². The predicted molar refractivity (Wildman–Crippen MR) is 91.4 cm³/mol. The molecule has 0 radical (unpaired) electrons. The van der Waals surface area contributed by atoms with Gasteiger partial charge in [-0.05, 0) is 26.7 Å². The van der Waals surface area contributed by atoms with E-state index in [0.717, 1.165) is 12.1 Å². The molecule has 0 spiro atoms. The lowest BCUT2D eigenvalue weighted by Gasteiger charge is -2.31. The normalized spacial score (nSPS) is 21.0. The number of thiazole rings is 1. The van der Waals surface area contributed by atoms with Crippen molar-refractivity contribution >= 4 is 22.4 Å². The van der Waals surface area contributed by atoms with Gasteiger partial charge in [0, 0.05) is 18.4 Å². The molecule has 6 nitrogen and oxygen atoms in total. The Morgan fingerprint density at radius 2 is 2.43 bits per heavy atom. The highest BCUT2D eigenvalue weighted by molar-refractivity contribution is 7.13. The molecule has 2 rings (SSSR count). The number of allylic oxidation sites excluding steroid dienone is 1. The second-order valence-corrected chi connectivity index (χ2v) is 6.76. The average Bonchev–Trinajstić information content (AvgIpc) is 2.92. The maximum absolute atomic E-state index is 12.1. The fourth-order valence-corrected chi connectivity index (χ4v) is 2.95. The number of nitrogens with two attached hydrogens (primary N) is 1. The van der Waals surface area contributed by atoms with Gasteiger partial charge in [0.05, 0.1) is 31.1 Å². The zero-order valence-electron chi connectivity index (χ0n) is 13.7. The number of nitrogens with zero attached hydrogens (tertiary/aromatic N) is 1. The molecule has 1 fully saturated rings. The summed E-state index contributed by atoms with van der Waals surface area (Å²) in [6.07, 6.45) is 3.82. The van der Waals surface area contributed by atoms with Crippen LogP contribution in [-0.2, 0) is 20.7 Å². The Bertz CT molecular complexity index is 540. The number of carbonyl (C=O) groups is 1. The summed E-state index contributed by atoms with van der Waals surface area (Å²) in [6, 6.07) is -0.0951. The molecule has 2 atom stereocenters. The van der Waals surface area contributed by atoms with Crippen LogP contribution in [0.25, 0.3) is 0 Å². The lowest BCUT2D eigenvalue weighted by Crippen LogP contribution is -2.50. The van der Waals surface area contributed by atoms with E-state index in [9.17, 15) is 4.79 Å². The monoisotopic (exact) mass is 339 g/mol. The van der Waals surface area contributed by atoms with Crippen LogP contribution in [0.5, 0.6) is 0 Å². The van der Waals surface area contributed by atoms with Crippen molar-refractivity contribution in [2.45, 2.75) is 45.3 Å². The Labute approximate surface area is 141 Å². The van der Waals surface area contributed by atoms with E-state index in [-0.39, 0.29) is 18.1 Å². The minimum atomic E-state index is -0.0951. The van der Waals surface area contributed by atoms with E-state index in [0.29, 0.717) is 37.8 Å². The summed E-state index contributed by atoms with van der Waals surface area (Å²) >= 11 is 1.39. The van der Waals surface area contributed by atoms with Gasteiger partial charge in [0.2, 0.25) is 5.91 Å². The van der Waals surface area contributed by atoms with Gasteiger partial charge in [-0.25, -0.2) is 4.98 Å². The molecule has 0 unspecified atom stereocenters. The van der Waals surface area contributed by atoms with Crippen LogP contribution in [0.3, 0.4) is 0 Å². The maximum atomic E-state index is 12.1. The number of hydrogen-bond donors (Lipinski definition) is 2. The summed E-state index contributed by atoms with van der Waals surface area (Å²) in [4.78, 5) is 16.3.